The van der Waals surface area contributed by atoms with E-state index in [9.17, 15) is 4.79 Å². The normalized spacial score (nSPS) is 10.9. The Morgan fingerprint density at radius 3 is 1.97 bits per heavy atom. The lowest BCUT2D eigenvalue weighted by molar-refractivity contribution is 0.0962. The summed E-state index contributed by atoms with van der Waals surface area (Å²) in [7, 11) is 0. The van der Waals surface area contributed by atoms with Crippen LogP contribution in [-0.2, 0) is 0 Å². The Hall–Kier alpha value is -2.25. The van der Waals surface area contributed by atoms with Crippen LogP contribution in [0.15, 0.2) is 24.5 Å². The number of hydrogen-bond acceptors (Lipinski definition) is 6. The maximum absolute atomic E-state index is 12.4. The fourth-order valence-corrected chi connectivity index (χ4v) is 4.51. The smallest absolute Gasteiger partial charge is 0.271 e. The van der Waals surface area contributed by atoms with Gasteiger partial charge in [0.15, 0.2) is 11.6 Å². The Labute approximate surface area is 226 Å². The molecule has 1 aromatic heterocycles. The van der Waals surface area contributed by atoms with E-state index in [-0.39, 0.29) is 10.6 Å². The zero-order valence-corrected chi connectivity index (χ0v) is 23.1. The summed E-state index contributed by atoms with van der Waals surface area (Å²) >= 11 is 12.0. The fourth-order valence-electron chi connectivity index (χ4n) is 4.02. The summed E-state index contributed by atoms with van der Waals surface area (Å²) in [4.78, 5) is 20.7. The molecule has 0 aliphatic heterocycles. The van der Waals surface area contributed by atoms with Crippen molar-refractivity contribution in [2.24, 2.45) is 0 Å². The molecule has 2 aromatic rings. The van der Waals surface area contributed by atoms with Crippen LogP contribution in [0.2, 0.25) is 10.0 Å². The Morgan fingerprint density at radius 2 is 1.39 bits per heavy atom. The first-order valence-electron chi connectivity index (χ1n) is 13.4. The van der Waals surface area contributed by atoms with Crippen LogP contribution >= 0.6 is 23.2 Å². The minimum absolute atomic E-state index is 0.257. The van der Waals surface area contributed by atoms with Gasteiger partial charge in [-0.15, -0.1) is 0 Å². The van der Waals surface area contributed by atoms with Crippen molar-refractivity contribution in [3.8, 4) is 0 Å². The third-order valence-corrected chi connectivity index (χ3v) is 6.72. The van der Waals surface area contributed by atoms with Gasteiger partial charge in [0.05, 0.1) is 10.6 Å². The average molecular weight is 538 g/mol. The lowest BCUT2D eigenvalue weighted by Crippen LogP contribution is -2.30. The maximum Gasteiger partial charge on any atom is 0.271 e. The Kier molecular flexibility index (Phi) is 15.0. The third-order valence-electron chi connectivity index (χ3n) is 6.18. The summed E-state index contributed by atoms with van der Waals surface area (Å²) in [6.07, 6.45) is 20.0. The summed E-state index contributed by atoms with van der Waals surface area (Å²) in [6, 6.07) is 4.66. The van der Waals surface area contributed by atoms with E-state index in [0.717, 1.165) is 13.0 Å². The van der Waals surface area contributed by atoms with Gasteiger partial charge >= 0.3 is 0 Å². The lowest BCUT2D eigenvalue weighted by Gasteiger charge is -2.13. The highest BCUT2D eigenvalue weighted by atomic mass is 35.5. The summed E-state index contributed by atoms with van der Waals surface area (Å²) < 4.78 is 0. The molecule has 0 atom stereocenters. The number of nitrogens with two attached hydrogens (primary N) is 1. The topological polar surface area (TPSA) is 105 Å². The number of rotatable bonds is 19. The number of hydrazine groups is 1. The molecule has 0 saturated carbocycles. The van der Waals surface area contributed by atoms with Crippen LogP contribution in [0.4, 0.5) is 17.3 Å². The molecule has 0 spiro atoms. The lowest BCUT2D eigenvalue weighted by atomic mass is 10.0. The van der Waals surface area contributed by atoms with E-state index in [2.05, 4.69) is 33.1 Å². The number of amides is 1. The van der Waals surface area contributed by atoms with Crippen molar-refractivity contribution in [2.45, 2.75) is 96.8 Å². The van der Waals surface area contributed by atoms with E-state index in [1.54, 1.807) is 12.1 Å². The molecule has 5 N–H and O–H groups in total. The van der Waals surface area contributed by atoms with Gasteiger partial charge in [-0.05, 0) is 24.6 Å². The molecule has 0 aliphatic rings. The van der Waals surface area contributed by atoms with E-state index in [1.165, 1.54) is 95.9 Å². The molecule has 36 heavy (non-hydrogen) atoms. The molecule has 0 aliphatic carbocycles. The SMILES string of the molecule is CCCCCCCCCCCCCCCCNc1ncnc(NNC(=O)c2ccc(Cl)cc2Cl)c1N. The fraction of sp³-hybridized carbons (Fsp3) is 0.593. The summed E-state index contributed by atoms with van der Waals surface area (Å²) in [5.74, 6) is 0.430. The van der Waals surface area contributed by atoms with Gasteiger partial charge in [-0.25, -0.2) is 9.97 Å². The predicted octanol–water partition coefficient (Wildman–Crippen LogP) is 8.02. The highest BCUT2D eigenvalue weighted by molar-refractivity contribution is 6.36. The van der Waals surface area contributed by atoms with Gasteiger partial charge in [0.1, 0.15) is 12.0 Å². The molecular weight excluding hydrogens is 495 g/mol. The van der Waals surface area contributed by atoms with Crippen molar-refractivity contribution in [3.05, 3.63) is 40.1 Å². The van der Waals surface area contributed by atoms with Gasteiger partial charge in [0, 0.05) is 11.6 Å². The largest absolute Gasteiger partial charge is 0.393 e. The van der Waals surface area contributed by atoms with Crippen molar-refractivity contribution in [1.29, 1.82) is 0 Å². The van der Waals surface area contributed by atoms with Crippen LogP contribution in [0.1, 0.15) is 107 Å². The van der Waals surface area contributed by atoms with Gasteiger partial charge in [0.2, 0.25) is 0 Å². The van der Waals surface area contributed by atoms with E-state index < -0.39 is 5.91 Å². The summed E-state index contributed by atoms with van der Waals surface area (Å²) in [6.45, 7) is 3.05. The highest BCUT2D eigenvalue weighted by Gasteiger charge is 2.13. The number of anilines is 3. The standard InChI is InChI=1S/C27H42Cl2N6O/c1-2-3-4-5-6-7-8-9-10-11-12-13-14-15-18-31-25-24(30)26(33-20-32-25)34-35-27(36)22-17-16-21(28)19-23(22)29/h16-17,19-20H,2-15,18,30H2,1H3,(H,35,36)(H2,31,32,33,34). The monoisotopic (exact) mass is 536 g/mol. The number of benzene rings is 1. The van der Waals surface area contributed by atoms with Crippen LogP contribution in [0.5, 0.6) is 0 Å². The molecular formula is C27H42Cl2N6O. The molecule has 1 heterocycles. The third kappa shape index (κ3) is 11.7. The molecule has 9 heteroatoms. The molecule has 0 unspecified atom stereocenters. The number of hydrogen-bond donors (Lipinski definition) is 4. The van der Waals surface area contributed by atoms with Crippen molar-refractivity contribution < 1.29 is 4.79 Å². The number of aromatic nitrogens is 2. The molecule has 0 bridgehead atoms. The number of nitrogens with one attached hydrogen (secondary N) is 3. The van der Waals surface area contributed by atoms with Crippen LogP contribution in [0.25, 0.3) is 0 Å². The van der Waals surface area contributed by atoms with Gasteiger partial charge in [-0.3, -0.25) is 15.6 Å². The second-order valence-electron chi connectivity index (χ2n) is 9.21. The zero-order chi connectivity index (χ0) is 26.0. The van der Waals surface area contributed by atoms with E-state index in [4.69, 9.17) is 28.9 Å². The minimum Gasteiger partial charge on any atom is -0.393 e. The first-order chi connectivity index (χ1) is 17.5. The number of carbonyl (C=O) groups is 1. The van der Waals surface area contributed by atoms with Gasteiger partial charge < -0.3 is 11.1 Å². The second-order valence-corrected chi connectivity index (χ2v) is 10.1. The zero-order valence-electron chi connectivity index (χ0n) is 21.6. The van der Waals surface area contributed by atoms with Crippen molar-refractivity contribution in [2.75, 3.05) is 23.0 Å². The Balaban J connectivity index is 1.56. The quantitative estimate of drug-likeness (QED) is 0.107. The second kappa shape index (κ2) is 18.1. The molecule has 1 aromatic carbocycles. The van der Waals surface area contributed by atoms with Gasteiger partial charge in [0.25, 0.3) is 5.91 Å². The summed E-state index contributed by atoms with van der Waals surface area (Å²) in [5.41, 5.74) is 12.1. The molecule has 0 radical (unpaired) electrons. The number of nitrogen functional groups attached to an aromatic ring is 1. The number of halogens is 2. The minimum atomic E-state index is -0.424. The molecule has 0 saturated heterocycles. The number of nitrogens with zero attached hydrogens (tertiary/aromatic N) is 2. The van der Waals surface area contributed by atoms with E-state index in [1.807, 2.05) is 0 Å². The van der Waals surface area contributed by atoms with E-state index >= 15 is 0 Å². The molecule has 0 fully saturated rings. The van der Waals surface area contributed by atoms with Crippen molar-refractivity contribution in [3.63, 3.8) is 0 Å². The Bertz CT molecular complexity index is 912. The van der Waals surface area contributed by atoms with E-state index in [0.29, 0.717) is 22.3 Å². The molecule has 200 valence electrons. The van der Waals surface area contributed by atoms with Gasteiger partial charge in [-0.1, -0.05) is 114 Å². The number of carbonyl (C=O) groups excluding carboxylic acids is 1. The van der Waals surface area contributed by atoms with Crippen LogP contribution in [0, 0.1) is 0 Å². The predicted molar refractivity (Wildman–Crippen MR) is 153 cm³/mol. The maximum atomic E-state index is 12.4. The van der Waals surface area contributed by atoms with Crippen LogP contribution in [-0.4, -0.2) is 22.4 Å². The van der Waals surface area contributed by atoms with Crippen LogP contribution < -0.4 is 21.9 Å². The highest BCUT2D eigenvalue weighted by Crippen LogP contribution is 2.23. The van der Waals surface area contributed by atoms with Crippen molar-refractivity contribution in [1.82, 2.24) is 15.4 Å². The molecule has 2 rings (SSSR count). The molecule has 1 amide bonds. The van der Waals surface area contributed by atoms with Gasteiger partial charge in [-0.2, -0.15) is 0 Å². The first kappa shape index (κ1) is 30.0. The average Bonchev–Trinajstić information content (AvgIpc) is 2.86. The molecule has 7 nitrogen and oxygen atoms in total. The van der Waals surface area contributed by atoms with Crippen molar-refractivity contribution >= 4 is 46.4 Å². The summed E-state index contributed by atoms with van der Waals surface area (Å²) in [5, 5.41) is 3.98. The first-order valence-corrected chi connectivity index (χ1v) is 14.1. The number of unbranched alkanes of at least 4 members (excludes halogenated alkanes) is 13. The Morgan fingerprint density at radius 1 is 0.833 bits per heavy atom. The van der Waals surface area contributed by atoms with Crippen LogP contribution in [0.3, 0.4) is 0 Å².